The van der Waals surface area contributed by atoms with Gasteiger partial charge in [-0.2, -0.15) is 0 Å². The number of ether oxygens (including phenoxy) is 1. The lowest BCUT2D eigenvalue weighted by molar-refractivity contribution is -0.142. The molecule has 3 N–H and O–H groups in total. The number of anilines is 1. The zero-order chi connectivity index (χ0) is 27.5. The van der Waals surface area contributed by atoms with Gasteiger partial charge in [0.1, 0.15) is 18.2 Å². The van der Waals surface area contributed by atoms with Crippen molar-refractivity contribution in [2.24, 2.45) is 29.4 Å². The van der Waals surface area contributed by atoms with Gasteiger partial charge in [-0.15, -0.1) is 0 Å². The Bertz CT molecular complexity index is 1190. The van der Waals surface area contributed by atoms with Gasteiger partial charge in [0.15, 0.2) is 5.58 Å². The van der Waals surface area contributed by atoms with Crippen molar-refractivity contribution >= 4 is 34.6 Å². The SMILES string of the molecule is COC(=O)c1nc2cc(NC(=O)[C@@H]3[C@H](C4CCCCC4)CCN3C(=O)[C@H]3CC[C@H]([C@H](N)CF)CC3)ccc2o1. The number of hydrogen-bond acceptors (Lipinski definition) is 7. The number of oxazole rings is 1. The lowest BCUT2D eigenvalue weighted by Gasteiger charge is -2.36. The van der Waals surface area contributed by atoms with Gasteiger partial charge in [-0.3, -0.25) is 9.59 Å². The Hall–Kier alpha value is -3.01. The van der Waals surface area contributed by atoms with E-state index in [0.717, 1.165) is 44.9 Å². The molecule has 2 aromatic rings. The Morgan fingerprint density at radius 2 is 1.87 bits per heavy atom. The van der Waals surface area contributed by atoms with Crippen molar-refractivity contribution in [1.29, 1.82) is 0 Å². The minimum atomic E-state index is -0.673. The number of fused-ring (bicyclic) bond motifs is 1. The van der Waals surface area contributed by atoms with Gasteiger partial charge >= 0.3 is 11.9 Å². The zero-order valence-corrected chi connectivity index (χ0v) is 22.6. The van der Waals surface area contributed by atoms with Crippen molar-refractivity contribution in [3.8, 4) is 0 Å². The number of nitrogens with two attached hydrogens (primary N) is 1. The monoisotopic (exact) mass is 542 g/mol. The van der Waals surface area contributed by atoms with Gasteiger partial charge in [0.05, 0.1) is 7.11 Å². The fraction of sp³-hybridized carbons (Fsp3) is 0.655. The van der Waals surface area contributed by atoms with E-state index in [9.17, 15) is 18.8 Å². The van der Waals surface area contributed by atoms with E-state index in [0.29, 0.717) is 42.1 Å². The minimum absolute atomic E-state index is 0.0374. The van der Waals surface area contributed by atoms with Gasteiger partial charge in [-0.25, -0.2) is 14.2 Å². The van der Waals surface area contributed by atoms with Gasteiger partial charge < -0.3 is 25.1 Å². The number of aromatic nitrogens is 1. The van der Waals surface area contributed by atoms with Crippen molar-refractivity contribution < 1.29 is 27.9 Å². The Balaban J connectivity index is 1.34. The van der Waals surface area contributed by atoms with E-state index in [4.69, 9.17) is 10.2 Å². The predicted molar refractivity (Wildman–Crippen MR) is 144 cm³/mol. The van der Waals surface area contributed by atoms with Crippen LogP contribution in [0, 0.1) is 23.7 Å². The number of methoxy groups -OCH3 is 1. The molecule has 2 aliphatic carbocycles. The normalized spacial score (nSPS) is 26.9. The zero-order valence-electron chi connectivity index (χ0n) is 22.6. The molecule has 9 nitrogen and oxygen atoms in total. The average molecular weight is 543 g/mol. The van der Waals surface area contributed by atoms with Crippen LogP contribution >= 0.6 is 0 Å². The molecule has 1 aliphatic heterocycles. The number of nitrogens with one attached hydrogen (secondary N) is 1. The molecule has 5 rings (SSSR count). The third-order valence-electron chi connectivity index (χ3n) is 9.17. The number of hydrogen-bond donors (Lipinski definition) is 2. The van der Waals surface area contributed by atoms with E-state index in [1.165, 1.54) is 13.5 Å². The summed E-state index contributed by atoms with van der Waals surface area (Å²) in [7, 11) is 1.25. The van der Waals surface area contributed by atoms with Gasteiger partial charge in [0.2, 0.25) is 11.8 Å². The lowest BCUT2D eigenvalue weighted by atomic mass is 9.76. The number of halogens is 1. The molecule has 39 heavy (non-hydrogen) atoms. The summed E-state index contributed by atoms with van der Waals surface area (Å²) in [6.45, 7) is 0.0394. The maximum Gasteiger partial charge on any atom is 0.394 e. The molecular formula is C29H39FN4O5. The molecule has 2 heterocycles. The fourth-order valence-electron chi connectivity index (χ4n) is 7.01. The summed E-state index contributed by atoms with van der Waals surface area (Å²) in [5.74, 6) is -0.486. The molecule has 0 radical (unpaired) electrons. The molecule has 2 amide bonds. The number of nitrogens with zero attached hydrogens (tertiary/aromatic N) is 2. The molecular weight excluding hydrogens is 503 g/mol. The third-order valence-corrected chi connectivity index (χ3v) is 9.17. The highest BCUT2D eigenvalue weighted by Crippen LogP contribution is 2.41. The topological polar surface area (TPSA) is 128 Å². The molecule has 212 valence electrons. The standard InChI is InChI=1S/C29H39FN4O5/c1-38-29(37)27-33-23-15-20(11-12-24(23)39-27)32-26(35)25-21(17-5-3-2-4-6-17)13-14-34(25)28(36)19-9-7-18(8-10-19)22(31)16-30/h11-12,15,17-19,21-22,25H,2-10,13-14,16,31H2,1H3,(H,32,35)/t18-,19-,21-,22+,25-/m0/s1. The summed E-state index contributed by atoms with van der Waals surface area (Å²) in [5.41, 5.74) is 7.30. The molecule has 2 saturated carbocycles. The van der Waals surface area contributed by atoms with Crippen LogP contribution < -0.4 is 11.1 Å². The molecule has 1 saturated heterocycles. The third kappa shape index (κ3) is 5.81. The Labute approximate surface area is 228 Å². The minimum Gasteiger partial charge on any atom is -0.462 e. The number of esters is 1. The Morgan fingerprint density at radius 1 is 1.13 bits per heavy atom. The molecule has 1 aromatic heterocycles. The summed E-state index contributed by atoms with van der Waals surface area (Å²) in [4.78, 5) is 45.4. The van der Waals surface area contributed by atoms with E-state index < -0.39 is 24.7 Å². The number of likely N-dealkylation sites (tertiary alicyclic amines) is 1. The van der Waals surface area contributed by atoms with Gasteiger partial charge in [-0.05, 0) is 68.1 Å². The van der Waals surface area contributed by atoms with Crippen LogP contribution in [-0.2, 0) is 14.3 Å². The second kappa shape index (κ2) is 12.0. The lowest BCUT2D eigenvalue weighted by Crippen LogP contribution is -2.50. The maximum atomic E-state index is 13.9. The number of carbonyl (C=O) groups excluding carboxylic acids is 3. The number of benzene rings is 1. The molecule has 1 aromatic carbocycles. The molecule has 0 unspecified atom stereocenters. The Morgan fingerprint density at radius 3 is 2.56 bits per heavy atom. The summed E-state index contributed by atoms with van der Waals surface area (Å²) < 4.78 is 23.2. The second-order valence-corrected chi connectivity index (χ2v) is 11.4. The van der Waals surface area contributed by atoms with Crippen LogP contribution in [0.2, 0.25) is 0 Å². The molecule has 10 heteroatoms. The first kappa shape index (κ1) is 27.6. The van der Waals surface area contributed by atoms with Gasteiger partial charge in [-0.1, -0.05) is 32.1 Å². The van der Waals surface area contributed by atoms with Crippen LogP contribution in [0.3, 0.4) is 0 Å². The van der Waals surface area contributed by atoms with Crippen molar-refractivity contribution in [1.82, 2.24) is 9.88 Å². The number of alkyl halides is 1. The van der Waals surface area contributed by atoms with Crippen LogP contribution in [0.5, 0.6) is 0 Å². The van der Waals surface area contributed by atoms with Gasteiger partial charge in [0.25, 0.3) is 0 Å². The summed E-state index contributed by atoms with van der Waals surface area (Å²) in [5, 5.41) is 3.03. The van der Waals surface area contributed by atoms with E-state index in [-0.39, 0.29) is 35.5 Å². The van der Waals surface area contributed by atoms with E-state index in [1.807, 2.05) is 4.90 Å². The number of rotatable bonds is 7. The van der Waals surface area contributed by atoms with Crippen molar-refractivity contribution in [3.05, 3.63) is 24.1 Å². The fourth-order valence-corrected chi connectivity index (χ4v) is 7.01. The van der Waals surface area contributed by atoms with E-state index >= 15 is 0 Å². The number of carbonyl (C=O) groups is 3. The highest BCUT2D eigenvalue weighted by atomic mass is 19.1. The van der Waals surface area contributed by atoms with Crippen LogP contribution in [0.4, 0.5) is 10.1 Å². The maximum absolute atomic E-state index is 13.9. The first-order chi connectivity index (χ1) is 18.9. The second-order valence-electron chi connectivity index (χ2n) is 11.4. The molecule has 0 bridgehead atoms. The molecule has 3 atom stereocenters. The molecule has 3 aliphatic rings. The Kier molecular flexibility index (Phi) is 8.49. The smallest absolute Gasteiger partial charge is 0.394 e. The molecule has 0 spiro atoms. The van der Waals surface area contributed by atoms with Crippen molar-refractivity contribution in [2.45, 2.75) is 76.3 Å². The largest absolute Gasteiger partial charge is 0.462 e. The molecule has 3 fully saturated rings. The number of amides is 2. The first-order valence-electron chi connectivity index (χ1n) is 14.3. The average Bonchev–Trinajstić information content (AvgIpc) is 3.61. The van der Waals surface area contributed by atoms with Gasteiger partial charge in [0, 0.05) is 24.2 Å². The highest BCUT2D eigenvalue weighted by Gasteiger charge is 2.47. The van der Waals surface area contributed by atoms with Crippen molar-refractivity contribution in [3.63, 3.8) is 0 Å². The van der Waals surface area contributed by atoms with Crippen LogP contribution in [0.25, 0.3) is 11.1 Å². The van der Waals surface area contributed by atoms with E-state index in [1.54, 1.807) is 18.2 Å². The summed E-state index contributed by atoms with van der Waals surface area (Å²) in [6, 6.07) is 4.02. The summed E-state index contributed by atoms with van der Waals surface area (Å²) in [6.07, 6.45) is 9.38. The van der Waals surface area contributed by atoms with Crippen LogP contribution in [-0.4, -0.2) is 60.1 Å². The van der Waals surface area contributed by atoms with E-state index in [2.05, 4.69) is 15.0 Å². The van der Waals surface area contributed by atoms with Crippen LogP contribution in [0.15, 0.2) is 22.6 Å². The summed E-state index contributed by atoms with van der Waals surface area (Å²) >= 11 is 0. The predicted octanol–water partition coefficient (Wildman–Crippen LogP) is 4.45. The first-order valence-corrected chi connectivity index (χ1v) is 14.3. The van der Waals surface area contributed by atoms with Crippen molar-refractivity contribution in [2.75, 3.05) is 25.6 Å². The van der Waals surface area contributed by atoms with Crippen LogP contribution in [0.1, 0.15) is 74.9 Å². The highest BCUT2D eigenvalue weighted by molar-refractivity contribution is 5.99. The quantitative estimate of drug-likeness (QED) is 0.495.